The van der Waals surface area contributed by atoms with Gasteiger partial charge in [0.15, 0.2) is 11.6 Å². The molecular formula is C19H25BrN4O4. The number of anilines is 2. The maximum atomic E-state index is 12.9. The topological polar surface area (TPSA) is 122 Å². The van der Waals surface area contributed by atoms with Gasteiger partial charge >= 0.3 is 0 Å². The fourth-order valence-corrected chi connectivity index (χ4v) is 3.31. The predicted molar refractivity (Wildman–Crippen MR) is 111 cm³/mol. The number of ketones is 1. The van der Waals surface area contributed by atoms with E-state index in [1.807, 2.05) is 6.92 Å². The van der Waals surface area contributed by atoms with Gasteiger partial charge in [0.1, 0.15) is 11.4 Å². The number of imidazole rings is 1. The van der Waals surface area contributed by atoms with E-state index in [0.29, 0.717) is 17.3 Å². The summed E-state index contributed by atoms with van der Waals surface area (Å²) in [6, 6.07) is 4.99. The van der Waals surface area contributed by atoms with Crippen molar-refractivity contribution in [1.82, 2.24) is 9.55 Å². The van der Waals surface area contributed by atoms with E-state index in [2.05, 4.69) is 20.9 Å². The zero-order valence-electron chi connectivity index (χ0n) is 16.0. The Bertz CT molecular complexity index is 866. The Morgan fingerprint density at radius 3 is 2.64 bits per heavy atom. The molecule has 1 heterocycles. The Morgan fingerprint density at radius 1 is 1.36 bits per heavy atom. The van der Waals surface area contributed by atoms with Crippen LogP contribution in [0.5, 0.6) is 5.75 Å². The number of halogens is 1. The van der Waals surface area contributed by atoms with Crippen LogP contribution in [0.1, 0.15) is 49.2 Å². The fourth-order valence-electron chi connectivity index (χ4n) is 2.88. The molecule has 8 nitrogen and oxygen atoms in total. The van der Waals surface area contributed by atoms with E-state index >= 15 is 0 Å². The molecule has 4 N–H and O–H groups in total. The van der Waals surface area contributed by atoms with Crippen LogP contribution in [0.15, 0.2) is 22.7 Å². The third-order valence-corrected chi connectivity index (χ3v) is 4.95. The molecule has 0 aliphatic rings. The van der Waals surface area contributed by atoms with Crippen LogP contribution in [-0.2, 0) is 11.3 Å². The number of benzene rings is 1. The minimum Gasteiger partial charge on any atom is -0.507 e. The number of phenols is 1. The highest BCUT2D eigenvalue weighted by Gasteiger charge is 2.27. The third kappa shape index (κ3) is 4.90. The molecule has 0 spiro atoms. The van der Waals surface area contributed by atoms with Crippen LogP contribution in [0.2, 0.25) is 0 Å². The average Bonchev–Trinajstić information content (AvgIpc) is 2.96. The average molecular weight is 453 g/mol. The van der Waals surface area contributed by atoms with Gasteiger partial charge in [-0.15, -0.1) is 0 Å². The molecule has 0 unspecified atom stereocenters. The smallest absolute Gasteiger partial charge is 0.225 e. The van der Waals surface area contributed by atoms with Crippen LogP contribution in [-0.4, -0.2) is 44.6 Å². The summed E-state index contributed by atoms with van der Waals surface area (Å²) < 4.78 is 2.09. The molecular weight excluding hydrogens is 428 g/mol. The number of nitrogen functional groups attached to an aromatic ring is 1. The van der Waals surface area contributed by atoms with Crippen molar-refractivity contribution >= 4 is 39.4 Å². The van der Waals surface area contributed by atoms with E-state index < -0.39 is 0 Å². The molecule has 0 atom stereocenters. The second-order valence-electron chi connectivity index (χ2n) is 6.44. The summed E-state index contributed by atoms with van der Waals surface area (Å²) in [6.07, 6.45) is 1.86. The van der Waals surface area contributed by atoms with E-state index in [9.17, 15) is 19.8 Å². The predicted octanol–water partition coefficient (Wildman–Crippen LogP) is 2.70. The van der Waals surface area contributed by atoms with Crippen LogP contribution in [0.25, 0.3) is 0 Å². The lowest BCUT2D eigenvalue weighted by Gasteiger charge is -2.19. The normalized spacial score (nSPS) is 10.9. The van der Waals surface area contributed by atoms with Gasteiger partial charge < -0.3 is 20.5 Å². The second kappa shape index (κ2) is 9.70. The molecule has 28 heavy (non-hydrogen) atoms. The lowest BCUT2D eigenvalue weighted by molar-refractivity contribution is -0.116. The van der Waals surface area contributed by atoms with Gasteiger partial charge in [-0.2, -0.15) is 4.98 Å². The highest BCUT2D eigenvalue weighted by molar-refractivity contribution is 9.10. The van der Waals surface area contributed by atoms with Crippen LogP contribution < -0.4 is 10.6 Å². The Kier molecular flexibility index (Phi) is 7.59. The SMILES string of the molecule is CCCCC(=O)c1c(N(CCO)C(C)=O)nc(N)n1Cc1ccc(O)c(Br)c1. The Morgan fingerprint density at radius 2 is 2.07 bits per heavy atom. The standard InChI is InChI=1S/C19H25BrN4O4/c1-3-4-5-16(28)17-18(23(8-9-25)12(2)26)22-19(21)24(17)11-13-6-7-15(27)14(20)10-13/h6-7,10,25,27H,3-5,8-9,11H2,1-2H3,(H2,21,22). The van der Waals surface area contributed by atoms with Crippen molar-refractivity contribution < 1.29 is 19.8 Å². The molecule has 0 saturated heterocycles. The minimum atomic E-state index is -0.337. The number of Topliss-reactive ketones (excluding diaryl/α,β-unsaturated/α-hetero) is 1. The van der Waals surface area contributed by atoms with Gasteiger partial charge in [0.2, 0.25) is 11.9 Å². The van der Waals surface area contributed by atoms with Crippen molar-refractivity contribution in [3.8, 4) is 5.75 Å². The first-order valence-corrected chi connectivity index (χ1v) is 9.85. The van der Waals surface area contributed by atoms with Crippen molar-refractivity contribution in [3.05, 3.63) is 33.9 Å². The monoisotopic (exact) mass is 452 g/mol. The maximum Gasteiger partial charge on any atom is 0.225 e. The molecule has 9 heteroatoms. The number of carbonyl (C=O) groups excluding carboxylic acids is 2. The summed E-state index contributed by atoms with van der Waals surface area (Å²) in [5.41, 5.74) is 7.14. The van der Waals surface area contributed by atoms with Gasteiger partial charge in [0.05, 0.1) is 24.2 Å². The summed E-state index contributed by atoms with van der Waals surface area (Å²) in [5.74, 6) is -0.132. The summed E-state index contributed by atoms with van der Waals surface area (Å²) in [5, 5.41) is 19.0. The van der Waals surface area contributed by atoms with Crippen molar-refractivity contribution in [1.29, 1.82) is 0 Å². The second-order valence-corrected chi connectivity index (χ2v) is 7.29. The minimum absolute atomic E-state index is 0.0185. The number of nitrogens with two attached hydrogens (primary N) is 1. The Labute approximate surface area is 172 Å². The number of carbonyl (C=O) groups is 2. The van der Waals surface area contributed by atoms with Gasteiger partial charge in [0.25, 0.3) is 0 Å². The summed E-state index contributed by atoms with van der Waals surface area (Å²) in [7, 11) is 0. The van der Waals surface area contributed by atoms with Crippen LogP contribution in [0.3, 0.4) is 0 Å². The Hall–Kier alpha value is -2.39. The number of amides is 1. The summed E-state index contributed by atoms with van der Waals surface area (Å²) in [4.78, 5) is 30.5. The van der Waals surface area contributed by atoms with Crippen LogP contribution in [0.4, 0.5) is 11.8 Å². The van der Waals surface area contributed by atoms with Gasteiger partial charge in [0, 0.05) is 13.3 Å². The number of aromatic nitrogens is 2. The number of hydrogen-bond acceptors (Lipinski definition) is 6. The summed E-state index contributed by atoms with van der Waals surface area (Å²) >= 11 is 3.27. The molecule has 0 bridgehead atoms. The molecule has 0 fully saturated rings. The van der Waals surface area contributed by atoms with Gasteiger partial charge in [-0.3, -0.25) is 14.5 Å². The summed E-state index contributed by atoms with van der Waals surface area (Å²) in [6.45, 7) is 3.34. The quantitative estimate of drug-likeness (QED) is 0.502. The van der Waals surface area contributed by atoms with E-state index in [4.69, 9.17) is 5.73 Å². The number of phenolic OH excluding ortho intramolecular Hbond substituents is 1. The van der Waals surface area contributed by atoms with Gasteiger partial charge in [-0.25, -0.2) is 0 Å². The van der Waals surface area contributed by atoms with Crippen molar-refractivity contribution in [2.24, 2.45) is 0 Å². The van der Waals surface area contributed by atoms with Gasteiger partial charge in [-0.1, -0.05) is 19.4 Å². The maximum absolute atomic E-state index is 12.9. The molecule has 2 aromatic rings. The number of aromatic hydroxyl groups is 1. The molecule has 2 rings (SSSR count). The lowest BCUT2D eigenvalue weighted by atomic mass is 10.1. The molecule has 0 aliphatic heterocycles. The van der Waals surface area contributed by atoms with Crippen LogP contribution >= 0.6 is 15.9 Å². The fraction of sp³-hybridized carbons (Fsp3) is 0.421. The molecule has 1 aromatic heterocycles. The number of aliphatic hydroxyl groups is 1. The van der Waals surface area contributed by atoms with E-state index in [-0.39, 0.29) is 54.6 Å². The number of aliphatic hydroxyl groups excluding tert-OH is 1. The number of nitrogens with zero attached hydrogens (tertiary/aromatic N) is 3. The molecule has 0 saturated carbocycles. The van der Waals surface area contributed by atoms with Crippen molar-refractivity contribution in [2.75, 3.05) is 23.8 Å². The van der Waals surface area contributed by atoms with E-state index in [1.54, 1.807) is 22.8 Å². The molecule has 152 valence electrons. The molecule has 0 radical (unpaired) electrons. The molecule has 0 aliphatic carbocycles. The number of unbranched alkanes of at least 4 members (excludes halogenated alkanes) is 1. The lowest BCUT2D eigenvalue weighted by Crippen LogP contribution is -2.33. The largest absolute Gasteiger partial charge is 0.507 e. The van der Waals surface area contributed by atoms with Gasteiger partial charge in [-0.05, 0) is 40.0 Å². The third-order valence-electron chi connectivity index (χ3n) is 4.31. The number of hydrogen-bond donors (Lipinski definition) is 3. The number of rotatable bonds is 9. The zero-order chi connectivity index (χ0) is 20.8. The molecule has 1 amide bonds. The first-order valence-electron chi connectivity index (χ1n) is 9.05. The van der Waals surface area contributed by atoms with E-state index in [0.717, 1.165) is 12.0 Å². The van der Waals surface area contributed by atoms with Crippen LogP contribution in [0, 0.1) is 0 Å². The zero-order valence-corrected chi connectivity index (χ0v) is 17.6. The first-order chi connectivity index (χ1) is 13.3. The Balaban J connectivity index is 2.54. The van der Waals surface area contributed by atoms with Crippen molar-refractivity contribution in [3.63, 3.8) is 0 Å². The highest BCUT2D eigenvalue weighted by atomic mass is 79.9. The molecule has 1 aromatic carbocycles. The van der Waals surface area contributed by atoms with E-state index in [1.165, 1.54) is 11.8 Å². The highest BCUT2D eigenvalue weighted by Crippen LogP contribution is 2.29. The van der Waals surface area contributed by atoms with Crippen molar-refractivity contribution in [2.45, 2.75) is 39.7 Å². The first kappa shape index (κ1) is 21.9.